The van der Waals surface area contributed by atoms with Gasteiger partial charge in [-0.3, -0.25) is 10.2 Å². The number of aromatic nitrogens is 1. The molecule has 0 spiro atoms. The minimum absolute atomic E-state index is 0.0187. The standard InChI is InChI=1S/C16H15F4N3O3S/c1-3-26-13(24)5-10-8-27-15(22-10)23-21-7-9-4-11(25-2)6-12(14(9)17)16(18,19)20/h4,6-8H,3,5H2,1-2H3,(H,22,23). The van der Waals surface area contributed by atoms with E-state index in [1.807, 2.05) is 0 Å². The highest BCUT2D eigenvalue weighted by Gasteiger charge is 2.35. The number of esters is 1. The van der Waals surface area contributed by atoms with E-state index in [4.69, 9.17) is 9.47 Å². The highest BCUT2D eigenvalue weighted by atomic mass is 32.1. The summed E-state index contributed by atoms with van der Waals surface area (Å²) in [6, 6.07) is 1.66. The van der Waals surface area contributed by atoms with E-state index in [0.717, 1.165) is 23.6 Å². The molecule has 146 valence electrons. The molecule has 0 saturated carbocycles. The van der Waals surface area contributed by atoms with Crippen LogP contribution >= 0.6 is 11.3 Å². The zero-order chi connectivity index (χ0) is 20.0. The maximum Gasteiger partial charge on any atom is 0.419 e. The fourth-order valence-corrected chi connectivity index (χ4v) is 2.65. The summed E-state index contributed by atoms with van der Waals surface area (Å²) in [6.07, 6.45) is -4.00. The molecule has 0 saturated heterocycles. The van der Waals surface area contributed by atoms with Gasteiger partial charge in [0.15, 0.2) is 0 Å². The van der Waals surface area contributed by atoms with Crippen LogP contribution < -0.4 is 10.2 Å². The van der Waals surface area contributed by atoms with Crippen molar-refractivity contribution in [2.24, 2.45) is 5.10 Å². The van der Waals surface area contributed by atoms with E-state index in [-0.39, 0.29) is 23.9 Å². The van der Waals surface area contributed by atoms with Gasteiger partial charge < -0.3 is 9.47 Å². The van der Waals surface area contributed by atoms with E-state index in [9.17, 15) is 22.4 Å². The molecule has 0 unspecified atom stereocenters. The Kier molecular flexibility index (Phi) is 6.72. The Balaban J connectivity index is 2.12. The van der Waals surface area contributed by atoms with Gasteiger partial charge in [-0.2, -0.15) is 18.3 Å². The number of benzene rings is 1. The summed E-state index contributed by atoms with van der Waals surface area (Å²) in [4.78, 5) is 15.4. The molecule has 1 heterocycles. The van der Waals surface area contributed by atoms with Crippen LogP contribution in [-0.2, 0) is 22.1 Å². The minimum Gasteiger partial charge on any atom is -0.497 e. The Bertz CT molecular complexity index is 837. The molecule has 0 amide bonds. The van der Waals surface area contributed by atoms with Gasteiger partial charge in [0.2, 0.25) is 5.13 Å². The van der Waals surface area contributed by atoms with Crippen LogP contribution in [-0.4, -0.2) is 30.9 Å². The molecular formula is C16H15F4N3O3S. The second kappa shape index (κ2) is 8.80. The molecule has 11 heteroatoms. The van der Waals surface area contributed by atoms with Crippen molar-refractivity contribution in [1.82, 2.24) is 4.98 Å². The van der Waals surface area contributed by atoms with Gasteiger partial charge in [0.1, 0.15) is 11.6 Å². The number of carbonyl (C=O) groups is 1. The second-order valence-electron chi connectivity index (χ2n) is 5.07. The van der Waals surface area contributed by atoms with Crippen LogP contribution in [0.5, 0.6) is 5.75 Å². The molecule has 1 aromatic carbocycles. The van der Waals surface area contributed by atoms with Gasteiger partial charge in [-0.25, -0.2) is 9.37 Å². The van der Waals surface area contributed by atoms with Crippen molar-refractivity contribution in [2.75, 3.05) is 19.1 Å². The monoisotopic (exact) mass is 405 g/mol. The summed E-state index contributed by atoms with van der Waals surface area (Å²) in [5.41, 5.74) is 1.07. The molecule has 0 radical (unpaired) electrons. The normalized spacial score (nSPS) is 11.6. The van der Waals surface area contributed by atoms with Crippen LogP contribution in [0.3, 0.4) is 0 Å². The molecule has 6 nitrogen and oxygen atoms in total. The van der Waals surface area contributed by atoms with E-state index < -0.39 is 29.1 Å². The SMILES string of the molecule is CCOC(=O)Cc1csc(NN=Cc2cc(OC)cc(C(F)(F)F)c2F)n1. The molecule has 1 N–H and O–H groups in total. The third-order valence-corrected chi connectivity index (χ3v) is 3.96. The van der Waals surface area contributed by atoms with Crippen molar-refractivity contribution in [2.45, 2.75) is 19.5 Å². The fourth-order valence-electron chi connectivity index (χ4n) is 1.99. The fraction of sp³-hybridized carbons (Fsp3) is 0.312. The Morgan fingerprint density at radius 2 is 2.15 bits per heavy atom. The number of halogens is 4. The summed E-state index contributed by atoms with van der Waals surface area (Å²) in [5, 5.41) is 5.58. The number of nitrogens with one attached hydrogen (secondary N) is 1. The van der Waals surface area contributed by atoms with Gasteiger partial charge >= 0.3 is 12.1 Å². The molecule has 0 bridgehead atoms. The van der Waals surface area contributed by atoms with E-state index in [2.05, 4.69) is 15.5 Å². The summed E-state index contributed by atoms with van der Waals surface area (Å²) in [5.74, 6) is -2.05. The first-order valence-corrected chi connectivity index (χ1v) is 8.46. The first kappa shape index (κ1) is 20.6. The summed E-state index contributed by atoms with van der Waals surface area (Å²) < 4.78 is 62.3. The van der Waals surface area contributed by atoms with E-state index in [1.165, 1.54) is 7.11 Å². The number of anilines is 1. The van der Waals surface area contributed by atoms with Crippen molar-refractivity contribution in [3.63, 3.8) is 0 Å². The Hall–Kier alpha value is -2.69. The number of hydrazone groups is 1. The molecule has 0 aliphatic rings. The zero-order valence-electron chi connectivity index (χ0n) is 14.3. The topological polar surface area (TPSA) is 72.8 Å². The first-order chi connectivity index (χ1) is 12.7. The average Bonchev–Trinajstić information content (AvgIpc) is 3.02. The Morgan fingerprint density at radius 1 is 1.41 bits per heavy atom. The molecular weight excluding hydrogens is 390 g/mol. The lowest BCUT2D eigenvalue weighted by Crippen LogP contribution is -2.10. The third-order valence-electron chi connectivity index (χ3n) is 3.16. The van der Waals surface area contributed by atoms with Gasteiger partial charge in [0.05, 0.1) is 37.6 Å². The number of rotatable bonds is 7. The van der Waals surface area contributed by atoms with Crippen LogP contribution in [0.1, 0.15) is 23.7 Å². The first-order valence-electron chi connectivity index (χ1n) is 7.58. The molecule has 0 aliphatic heterocycles. The highest BCUT2D eigenvalue weighted by Crippen LogP contribution is 2.35. The number of hydrogen-bond donors (Lipinski definition) is 1. The largest absolute Gasteiger partial charge is 0.497 e. The zero-order valence-corrected chi connectivity index (χ0v) is 15.1. The summed E-state index contributed by atoms with van der Waals surface area (Å²) in [7, 11) is 1.17. The molecule has 0 aliphatic carbocycles. The number of ether oxygens (including phenoxy) is 2. The molecule has 0 fully saturated rings. The van der Waals surface area contributed by atoms with Crippen LogP contribution in [0.2, 0.25) is 0 Å². The molecule has 2 rings (SSSR count). The lowest BCUT2D eigenvalue weighted by Gasteiger charge is -2.11. The number of alkyl halides is 3. The number of carbonyl (C=O) groups excluding carboxylic acids is 1. The molecule has 1 aromatic heterocycles. The van der Waals surface area contributed by atoms with Gasteiger partial charge in [-0.05, 0) is 19.1 Å². The molecule has 27 heavy (non-hydrogen) atoms. The van der Waals surface area contributed by atoms with Crippen molar-refractivity contribution in [3.8, 4) is 5.75 Å². The van der Waals surface area contributed by atoms with E-state index in [0.29, 0.717) is 11.8 Å². The van der Waals surface area contributed by atoms with Crippen molar-refractivity contribution < 1.29 is 31.8 Å². The Morgan fingerprint density at radius 3 is 2.78 bits per heavy atom. The van der Waals surface area contributed by atoms with Gasteiger partial charge in [-0.15, -0.1) is 11.3 Å². The highest BCUT2D eigenvalue weighted by molar-refractivity contribution is 7.13. The third kappa shape index (κ3) is 5.64. The van der Waals surface area contributed by atoms with Crippen molar-refractivity contribution in [1.29, 1.82) is 0 Å². The van der Waals surface area contributed by atoms with Crippen LogP contribution in [0.4, 0.5) is 22.7 Å². The molecule has 0 atom stereocenters. The predicted octanol–water partition coefficient (Wildman–Crippen LogP) is 3.86. The average molecular weight is 405 g/mol. The second-order valence-corrected chi connectivity index (χ2v) is 5.93. The van der Waals surface area contributed by atoms with E-state index in [1.54, 1.807) is 12.3 Å². The quantitative estimate of drug-likeness (QED) is 0.328. The maximum absolute atomic E-state index is 14.1. The lowest BCUT2D eigenvalue weighted by molar-refractivity contribution is -0.142. The number of nitrogens with zero attached hydrogens (tertiary/aromatic N) is 2. The summed E-state index contributed by atoms with van der Waals surface area (Å²) >= 11 is 1.12. The Labute approximate surface area is 155 Å². The van der Waals surface area contributed by atoms with Gasteiger partial charge in [-0.1, -0.05) is 0 Å². The minimum atomic E-state index is -4.87. The number of methoxy groups -OCH3 is 1. The maximum atomic E-state index is 14.1. The summed E-state index contributed by atoms with van der Waals surface area (Å²) in [6.45, 7) is 1.94. The predicted molar refractivity (Wildman–Crippen MR) is 91.6 cm³/mol. The van der Waals surface area contributed by atoms with Crippen LogP contribution in [0.15, 0.2) is 22.6 Å². The van der Waals surface area contributed by atoms with E-state index >= 15 is 0 Å². The van der Waals surface area contributed by atoms with Crippen LogP contribution in [0, 0.1) is 5.82 Å². The van der Waals surface area contributed by atoms with Crippen LogP contribution in [0.25, 0.3) is 0 Å². The number of thiazole rings is 1. The lowest BCUT2D eigenvalue weighted by atomic mass is 10.1. The molecule has 2 aromatic rings. The van der Waals surface area contributed by atoms with Crippen molar-refractivity contribution >= 4 is 28.7 Å². The van der Waals surface area contributed by atoms with Gasteiger partial charge in [0, 0.05) is 10.9 Å². The van der Waals surface area contributed by atoms with Crippen molar-refractivity contribution in [3.05, 3.63) is 40.2 Å². The van der Waals surface area contributed by atoms with Gasteiger partial charge in [0.25, 0.3) is 0 Å². The smallest absolute Gasteiger partial charge is 0.419 e. The number of hydrogen-bond acceptors (Lipinski definition) is 7.